The van der Waals surface area contributed by atoms with Crippen LogP contribution in [-0.2, 0) is 6.54 Å². The van der Waals surface area contributed by atoms with E-state index in [4.69, 9.17) is 9.40 Å². The van der Waals surface area contributed by atoms with Crippen LogP contribution >= 0.6 is 0 Å². The minimum absolute atomic E-state index is 0.615. The molecule has 0 unspecified atom stereocenters. The van der Waals surface area contributed by atoms with E-state index in [-0.39, 0.29) is 0 Å². The third kappa shape index (κ3) is 5.45. The molecule has 0 aliphatic carbocycles. The first kappa shape index (κ1) is 19.2. The summed E-state index contributed by atoms with van der Waals surface area (Å²) in [6.45, 7) is 7.46. The van der Waals surface area contributed by atoms with Crippen LogP contribution in [0.25, 0.3) is 6.08 Å². The molecule has 3 aromatic rings. The molecule has 1 fully saturated rings. The third-order valence-corrected chi connectivity index (χ3v) is 4.99. The Morgan fingerprint density at radius 1 is 1.03 bits per heavy atom. The molecule has 1 N–H and O–H groups in total. The van der Waals surface area contributed by atoms with E-state index in [0.717, 1.165) is 55.9 Å². The molecule has 0 atom stereocenters. The average Bonchev–Trinajstić information content (AvgIpc) is 3.27. The predicted octanol–water partition coefficient (Wildman–Crippen LogP) is 3.83. The van der Waals surface area contributed by atoms with Crippen molar-refractivity contribution in [2.45, 2.75) is 13.5 Å². The van der Waals surface area contributed by atoms with E-state index in [2.05, 4.69) is 56.5 Å². The Morgan fingerprint density at radius 3 is 2.62 bits per heavy atom. The summed E-state index contributed by atoms with van der Waals surface area (Å²) in [5, 5.41) is 3.33. The number of anilines is 2. The molecule has 1 aliphatic heterocycles. The maximum absolute atomic E-state index is 5.38. The first-order valence-corrected chi connectivity index (χ1v) is 10.1. The van der Waals surface area contributed by atoms with E-state index in [9.17, 15) is 0 Å². The SMILES string of the molecule is Cc1cc(NCc2ccco2)nc(N2CCN(C/C=C/c3ccccc3)CC2)n1. The fraction of sp³-hybridized carbons (Fsp3) is 0.304. The molecule has 0 amide bonds. The molecular weight excluding hydrogens is 362 g/mol. The molecule has 0 saturated carbocycles. The molecule has 3 heterocycles. The molecule has 0 radical (unpaired) electrons. The molecular formula is C23H27N5O. The van der Waals surface area contributed by atoms with Gasteiger partial charge in [-0.3, -0.25) is 4.90 Å². The smallest absolute Gasteiger partial charge is 0.227 e. The van der Waals surface area contributed by atoms with Crippen LogP contribution in [0.15, 0.2) is 65.3 Å². The fourth-order valence-electron chi connectivity index (χ4n) is 3.41. The lowest BCUT2D eigenvalue weighted by Gasteiger charge is -2.34. The van der Waals surface area contributed by atoms with Gasteiger partial charge in [-0.25, -0.2) is 4.98 Å². The zero-order valence-electron chi connectivity index (χ0n) is 16.8. The van der Waals surface area contributed by atoms with Crippen molar-refractivity contribution in [3.63, 3.8) is 0 Å². The molecule has 1 aromatic carbocycles. The third-order valence-electron chi connectivity index (χ3n) is 4.99. The van der Waals surface area contributed by atoms with Gasteiger partial charge < -0.3 is 14.6 Å². The summed E-state index contributed by atoms with van der Waals surface area (Å²) in [4.78, 5) is 14.1. The lowest BCUT2D eigenvalue weighted by atomic mass is 10.2. The van der Waals surface area contributed by atoms with Crippen molar-refractivity contribution < 1.29 is 4.42 Å². The molecule has 29 heavy (non-hydrogen) atoms. The Bertz CT molecular complexity index is 916. The summed E-state index contributed by atoms with van der Waals surface area (Å²) in [6, 6.07) is 16.2. The lowest BCUT2D eigenvalue weighted by Crippen LogP contribution is -2.47. The van der Waals surface area contributed by atoms with Crippen LogP contribution in [0.2, 0.25) is 0 Å². The Balaban J connectivity index is 1.30. The van der Waals surface area contributed by atoms with E-state index in [0.29, 0.717) is 6.54 Å². The Kier molecular flexibility index (Phi) is 6.22. The van der Waals surface area contributed by atoms with Gasteiger partial charge in [0.05, 0.1) is 12.8 Å². The first-order valence-electron chi connectivity index (χ1n) is 10.1. The van der Waals surface area contributed by atoms with Gasteiger partial charge in [0.25, 0.3) is 0 Å². The summed E-state index contributed by atoms with van der Waals surface area (Å²) in [5.41, 5.74) is 2.21. The maximum Gasteiger partial charge on any atom is 0.227 e. The van der Waals surface area contributed by atoms with Gasteiger partial charge in [0.1, 0.15) is 11.6 Å². The quantitative estimate of drug-likeness (QED) is 0.663. The number of hydrogen-bond acceptors (Lipinski definition) is 6. The highest BCUT2D eigenvalue weighted by molar-refractivity contribution is 5.49. The van der Waals surface area contributed by atoms with Crippen LogP contribution in [-0.4, -0.2) is 47.6 Å². The summed E-state index contributed by atoms with van der Waals surface area (Å²) in [7, 11) is 0. The van der Waals surface area contributed by atoms with Crippen LogP contribution < -0.4 is 10.2 Å². The van der Waals surface area contributed by atoms with E-state index in [1.165, 1.54) is 5.56 Å². The van der Waals surface area contributed by atoms with Gasteiger partial charge in [-0.1, -0.05) is 42.5 Å². The van der Waals surface area contributed by atoms with Gasteiger partial charge in [-0.15, -0.1) is 0 Å². The van der Waals surface area contributed by atoms with Gasteiger partial charge in [-0.05, 0) is 24.6 Å². The number of nitrogens with zero attached hydrogens (tertiary/aromatic N) is 4. The van der Waals surface area contributed by atoms with Crippen molar-refractivity contribution in [1.29, 1.82) is 0 Å². The van der Waals surface area contributed by atoms with E-state index in [1.54, 1.807) is 6.26 Å². The van der Waals surface area contributed by atoms with Crippen molar-refractivity contribution in [2.24, 2.45) is 0 Å². The monoisotopic (exact) mass is 389 g/mol. The zero-order chi connectivity index (χ0) is 19.9. The molecule has 1 aliphatic rings. The molecule has 0 bridgehead atoms. The highest BCUT2D eigenvalue weighted by Gasteiger charge is 2.19. The van der Waals surface area contributed by atoms with E-state index in [1.807, 2.05) is 31.2 Å². The summed E-state index contributed by atoms with van der Waals surface area (Å²) in [5.74, 6) is 2.52. The number of piperazine rings is 1. The standard InChI is InChI=1S/C23H27N5O/c1-19-17-22(24-18-21-10-6-16-29-21)26-23(25-19)28-14-12-27(13-15-28)11-5-9-20-7-3-2-4-8-20/h2-10,16-17H,11-15,18H2,1H3,(H,24,25,26)/b9-5+. The highest BCUT2D eigenvalue weighted by Crippen LogP contribution is 2.17. The topological polar surface area (TPSA) is 57.4 Å². The van der Waals surface area contributed by atoms with Crippen LogP contribution in [0, 0.1) is 6.92 Å². The number of hydrogen-bond donors (Lipinski definition) is 1. The van der Waals surface area contributed by atoms with Crippen molar-refractivity contribution in [1.82, 2.24) is 14.9 Å². The number of aryl methyl sites for hydroxylation is 1. The molecule has 2 aromatic heterocycles. The number of benzene rings is 1. The normalized spacial score (nSPS) is 15.1. The average molecular weight is 390 g/mol. The number of aromatic nitrogens is 2. The van der Waals surface area contributed by atoms with Crippen LogP contribution in [0.3, 0.4) is 0 Å². The van der Waals surface area contributed by atoms with Crippen molar-refractivity contribution >= 4 is 17.8 Å². The number of furan rings is 1. The van der Waals surface area contributed by atoms with Crippen LogP contribution in [0.5, 0.6) is 0 Å². The van der Waals surface area contributed by atoms with Gasteiger partial charge >= 0.3 is 0 Å². The minimum atomic E-state index is 0.615. The van der Waals surface area contributed by atoms with E-state index >= 15 is 0 Å². The molecule has 6 heteroatoms. The Hall–Kier alpha value is -3.12. The summed E-state index contributed by atoms with van der Waals surface area (Å²) in [6.07, 6.45) is 6.11. The Morgan fingerprint density at radius 2 is 1.86 bits per heavy atom. The minimum Gasteiger partial charge on any atom is -0.467 e. The van der Waals surface area contributed by atoms with Gasteiger partial charge in [0.15, 0.2) is 0 Å². The first-order chi connectivity index (χ1) is 14.3. The second-order valence-corrected chi connectivity index (χ2v) is 7.23. The lowest BCUT2D eigenvalue weighted by molar-refractivity contribution is 0.283. The summed E-state index contributed by atoms with van der Waals surface area (Å²) >= 11 is 0. The summed E-state index contributed by atoms with van der Waals surface area (Å²) < 4.78 is 5.38. The van der Waals surface area contributed by atoms with Crippen molar-refractivity contribution in [3.05, 3.63) is 77.9 Å². The van der Waals surface area contributed by atoms with Gasteiger partial charge in [0, 0.05) is 44.5 Å². The molecule has 0 spiro atoms. The second-order valence-electron chi connectivity index (χ2n) is 7.23. The van der Waals surface area contributed by atoms with Crippen LogP contribution in [0.1, 0.15) is 17.0 Å². The van der Waals surface area contributed by atoms with Crippen molar-refractivity contribution in [3.8, 4) is 0 Å². The molecule has 6 nitrogen and oxygen atoms in total. The maximum atomic E-state index is 5.38. The van der Waals surface area contributed by atoms with E-state index < -0.39 is 0 Å². The fourth-order valence-corrected chi connectivity index (χ4v) is 3.41. The van der Waals surface area contributed by atoms with Crippen LogP contribution in [0.4, 0.5) is 11.8 Å². The molecule has 150 valence electrons. The highest BCUT2D eigenvalue weighted by atomic mass is 16.3. The predicted molar refractivity (Wildman–Crippen MR) is 117 cm³/mol. The van der Waals surface area contributed by atoms with Gasteiger partial charge in [-0.2, -0.15) is 4.98 Å². The van der Waals surface area contributed by atoms with Crippen molar-refractivity contribution in [2.75, 3.05) is 42.9 Å². The number of rotatable bonds is 7. The van der Waals surface area contributed by atoms with Gasteiger partial charge in [0.2, 0.25) is 5.95 Å². The zero-order valence-corrected chi connectivity index (χ0v) is 16.8. The molecule has 4 rings (SSSR count). The second kappa shape index (κ2) is 9.39. The number of nitrogens with one attached hydrogen (secondary N) is 1. The largest absolute Gasteiger partial charge is 0.467 e. The molecule has 1 saturated heterocycles. The Labute approximate surface area is 171 Å².